The van der Waals surface area contributed by atoms with Crippen LogP contribution in [0.25, 0.3) is 142 Å². The summed E-state index contributed by atoms with van der Waals surface area (Å²) in [7, 11) is 0. The molecule has 4 aromatic heterocycles. The topological polar surface area (TPSA) is 28.4 Å². The Morgan fingerprint density at radius 2 is 0.744 bits per heavy atom. The molecule has 11 aromatic carbocycles. The zero-order valence-electron chi connectivity index (χ0n) is 41.3. The van der Waals surface area contributed by atoms with Crippen LogP contribution in [0.4, 0.5) is 24.5 Å². The second kappa shape index (κ2) is 17.0. The molecular formula is C69H39F3N6. The molecule has 0 unspecified atom stereocenters. The largest absolute Gasteiger partial charge is 0.415 e. The number of para-hydroxylation sites is 6. The maximum absolute atomic E-state index is 14.2. The van der Waals surface area contributed by atoms with Gasteiger partial charge in [0.05, 0.1) is 63.0 Å². The first kappa shape index (κ1) is 44.8. The summed E-state index contributed by atoms with van der Waals surface area (Å²) in [4.78, 5) is 7.70. The van der Waals surface area contributed by atoms with Gasteiger partial charge >= 0.3 is 6.18 Å². The number of aromatic nitrogens is 4. The minimum atomic E-state index is -4.63. The summed E-state index contributed by atoms with van der Waals surface area (Å²) < 4.78 is 51.9. The molecule has 0 saturated carbocycles. The summed E-state index contributed by atoms with van der Waals surface area (Å²) in [6.45, 7) is 16.6. The fraction of sp³-hybridized carbons (Fsp3) is 0.0145. The summed E-state index contributed by atoms with van der Waals surface area (Å²) in [5.74, 6) is 0. The third kappa shape index (κ3) is 6.62. The summed E-state index contributed by atoms with van der Waals surface area (Å²) in [5.41, 5.74) is 13.4. The quantitative estimate of drug-likeness (QED) is 0.149. The molecule has 366 valence electrons. The average Bonchev–Trinajstić information content (AvgIpc) is 3.64. The molecule has 9 heteroatoms. The first-order chi connectivity index (χ1) is 38.2. The van der Waals surface area contributed by atoms with Gasteiger partial charge in [0.2, 0.25) is 0 Å². The molecule has 15 aromatic rings. The van der Waals surface area contributed by atoms with E-state index in [0.29, 0.717) is 16.8 Å². The number of halogens is 3. The van der Waals surface area contributed by atoms with E-state index in [0.717, 1.165) is 133 Å². The van der Waals surface area contributed by atoms with E-state index >= 15 is 0 Å². The lowest BCUT2D eigenvalue weighted by Crippen LogP contribution is -2.04. The minimum absolute atomic E-state index is 0.111. The molecule has 0 radical (unpaired) electrons. The Bertz CT molecular complexity index is 5100. The van der Waals surface area contributed by atoms with E-state index in [-0.39, 0.29) is 5.69 Å². The van der Waals surface area contributed by atoms with Gasteiger partial charge in [-0.2, -0.15) is 13.2 Å². The number of benzene rings is 11. The van der Waals surface area contributed by atoms with Crippen molar-refractivity contribution in [1.82, 2.24) is 18.3 Å². The van der Waals surface area contributed by atoms with Crippen molar-refractivity contribution in [3.8, 4) is 45.0 Å². The van der Waals surface area contributed by atoms with Gasteiger partial charge < -0.3 is 18.3 Å². The Morgan fingerprint density at radius 3 is 1.22 bits per heavy atom. The van der Waals surface area contributed by atoms with Crippen molar-refractivity contribution in [2.75, 3.05) is 0 Å². The molecule has 0 aliphatic rings. The zero-order chi connectivity index (χ0) is 52.4. The fourth-order valence-corrected chi connectivity index (χ4v) is 12.3. The van der Waals surface area contributed by atoms with Crippen molar-refractivity contribution in [2.24, 2.45) is 0 Å². The maximum atomic E-state index is 14.2. The van der Waals surface area contributed by atoms with Gasteiger partial charge in [0.15, 0.2) is 11.4 Å². The Hall–Kier alpha value is -10.6. The number of rotatable bonds is 6. The molecule has 0 fully saturated rings. The highest BCUT2D eigenvalue weighted by molar-refractivity contribution is 6.21. The second-order valence-electron chi connectivity index (χ2n) is 19.7. The van der Waals surface area contributed by atoms with Crippen LogP contribution in [0.1, 0.15) is 5.56 Å². The standard InChI is InChI=1S/C69H39F3N6/c1-73-44-31-33-52(64(37-44)78-62-28-16-12-24-51(62)57-39-55-49-22-10-14-26-60(49)76(66(55)41-68(57)78)46-19-7-4-8-20-46)53-35-42(47-32-30-43(69(70,71)72)36-58(47)74-2)29-34-63(53)77-61-27-15-11-23-50(61)56-38-54-48-21-9-13-25-59(48)75(65(54)40-67(56)77)45-17-5-3-6-18-45/h3-41H. The molecule has 0 aliphatic heterocycles. The van der Waals surface area contributed by atoms with Gasteiger partial charge in [-0.25, -0.2) is 9.69 Å². The molecule has 6 nitrogen and oxygen atoms in total. The van der Waals surface area contributed by atoms with Crippen molar-refractivity contribution in [3.63, 3.8) is 0 Å². The highest BCUT2D eigenvalue weighted by atomic mass is 19.4. The lowest BCUT2D eigenvalue weighted by Gasteiger charge is -2.21. The molecule has 0 bridgehead atoms. The van der Waals surface area contributed by atoms with Crippen molar-refractivity contribution in [2.45, 2.75) is 6.18 Å². The molecule has 0 saturated heterocycles. The fourth-order valence-electron chi connectivity index (χ4n) is 12.3. The van der Waals surface area contributed by atoms with E-state index in [9.17, 15) is 13.2 Å². The molecule has 4 heterocycles. The van der Waals surface area contributed by atoms with Gasteiger partial charge in [0, 0.05) is 76.8 Å². The molecular weight excluding hydrogens is 970 g/mol. The molecule has 0 aliphatic carbocycles. The monoisotopic (exact) mass is 1010 g/mol. The Kier molecular flexibility index (Phi) is 9.75. The third-order valence-electron chi connectivity index (χ3n) is 15.6. The molecule has 0 atom stereocenters. The zero-order valence-corrected chi connectivity index (χ0v) is 41.3. The van der Waals surface area contributed by atoms with Crippen LogP contribution in [0.3, 0.4) is 0 Å². The second-order valence-corrected chi connectivity index (χ2v) is 19.7. The normalized spacial score (nSPS) is 12.0. The van der Waals surface area contributed by atoms with E-state index in [1.807, 2.05) is 72.8 Å². The lowest BCUT2D eigenvalue weighted by molar-refractivity contribution is -0.137. The SMILES string of the molecule is [C-]#[N+]c1ccc(-c2cc(-c3ccc(C(F)(F)F)cc3[N+]#[C-])ccc2-n2c3ccccc3c3cc4c5ccccc5n(-c5ccccc5)c4cc32)c(-n2c3ccccc3c3cc4c5ccccc5n(-c5ccccc5)c4cc32)c1. The highest BCUT2D eigenvalue weighted by Gasteiger charge is 2.31. The van der Waals surface area contributed by atoms with Crippen LogP contribution in [0, 0.1) is 13.1 Å². The molecule has 0 spiro atoms. The Morgan fingerprint density at radius 1 is 0.308 bits per heavy atom. The maximum Gasteiger partial charge on any atom is 0.415 e. The van der Waals surface area contributed by atoms with Gasteiger partial charge in [-0.05, 0) is 108 Å². The number of alkyl halides is 3. The number of hydrogen-bond donors (Lipinski definition) is 0. The van der Waals surface area contributed by atoms with Crippen molar-refractivity contribution in [1.29, 1.82) is 0 Å². The lowest BCUT2D eigenvalue weighted by atomic mass is 9.94. The Labute approximate surface area is 444 Å². The van der Waals surface area contributed by atoms with Crippen LogP contribution in [-0.4, -0.2) is 18.3 Å². The summed E-state index contributed by atoms with van der Waals surface area (Å²) >= 11 is 0. The molecule has 15 rings (SSSR count). The van der Waals surface area contributed by atoms with Crippen LogP contribution in [0.2, 0.25) is 0 Å². The van der Waals surface area contributed by atoms with Crippen LogP contribution < -0.4 is 0 Å². The minimum Gasteiger partial charge on any atom is -0.310 e. The van der Waals surface area contributed by atoms with E-state index in [2.05, 4.69) is 174 Å². The smallest absolute Gasteiger partial charge is 0.310 e. The van der Waals surface area contributed by atoms with Gasteiger partial charge in [-0.1, -0.05) is 140 Å². The van der Waals surface area contributed by atoms with Gasteiger partial charge in [0.25, 0.3) is 0 Å². The Balaban J connectivity index is 1.07. The predicted octanol–water partition coefficient (Wildman–Crippen LogP) is 19.5. The van der Waals surface area contributed by atoms with Crippen LogP contribution in [-0.2, 0) is 6.18 Å². The van der Waals surface area contributed by atoms with Gasteiger partial charge in [-0.3, -0.25) is 0 Å². The van der Waals surface area contributed by atoms with E-state index in [4.69, 9.17) is 13.1 Å². The van der Waals surface area contributed by atoms with Gasteiger partial charge in [-0.15, -0.1) is 0 Å². The van der Waals surface area contributed by atoms with E-state index in [1.165, 1.54) is 6.07 Å². The first-order valence-electron chi connectivity index (χ1n) is 25.5. The van der Waals surface area contributed by atoms with Gasteiger partial charge in [0.1, 0.15) is 0 Å². The summed E-state index contributed by atoms with van der Waals surface area (Å²) in [6, 6.07) is 78.6. The molecule has 78 heavy (non-hydrogen) atoms. The third-order valence-corrected chi connectivity index (χ3v) is 15.6. The average molecular weight is 1010 g/mol. The number of nitrogens with zero attached hydrogens (tertiary/aromatic N) is 6. The summed E-state index contributed by atoms with van der Waals surface area (Å²) in [6.07, 6.45) is -4.63. The van der Waals surface area contributed by atoms with Crippen molar-refractivity contribution < 1.29 is 13.2 Å². The van der Waals surface area contributed by atoms with E-state index < -0.39 is 11.7 Å². The predicted molar refractivity (Wildman–Crippen MR) is 312 cm³/mol. The summed E-state index contributed by atoms with van der Waals surface area (Å²) in [5, 5.41) is 8.63. The first-order valence-corrected chi connectivity index (χ1v) is 25.5. The number of fused-ring (bicyclic) bond motifs is 12. The van der Waals surface area contributed by atoms with Crippen molar-refractivity contribution in [3.05, 3.63) is 265 Å². The molecule has 0 N–H and O–H groups in total. The van der Waals surface area contributed by atoms with Crippen molar-refractivity contribution >= 4 is 98.6 Å². The highest BCUT2D eigenvalue weighted by Crippen LogP contribution is 2.47. The van der Waals surface area contributed by atoms with E-state index in [1.54, 1.807) is 0 Å². The van der Waals surface area contributed by atoms with Crippen LogP contribution in [0.5, 0.6) is 0 Å². The van der Waals surface area contributed by atoms with Crippen LogP contribution >= 0.6 is 0 Å². The number of hydrogen-bond acceptors (Lipinski definition) is 0. The molecule has 0 amide bonds. The van der Waals surface area contributed by atoms with Crippen LogP contribution in [0.15, 0.2) is 237 Å².